The summed E-state index contributed by atoms with van der Waals surface area (Å²) in [6.07, 6.45) is 2.52. The number of nitrogens with zero attached hydrogens (tertiary/aromatic N) is 2. The van der Waals surface area contributed by atoms with Crippen molar-refractivity contribution < 1.29 is 0 Å². The minimum Gasteiger partial charge on any atom is -0.369 e. The monoisotopic (exact) mass is 283 g/mol. The summed E-state index contributed by atoms with van der Waals surface area (Å²) >= 11 is 5.87. The number of para-hydroxylation sites is 1. The third-order valence-electron chi connectivity index (χ3n) is 3.16. The maximum atomic E-state index is 5.87. The highest BCUT2D eigenvalue weighted by Gasteiger charge is 2.02. The zero-order valence-electron chi connectivity index (χ0n) is 10.9. The minimum atomic E-state index is 0.767. The van der Waals surface area contributed by atoms with Crippen LogP contribution in [0.4, 0.5) is 5.82 Å². The van der Waals surface area contributed by atoms with Crippen LogP contribution >= 0.6 is 11.6 Å². The number of hydrogen-bond acceptors (Lipinski definition) is 3. The Morgan fingerprint density at radius 2 is 1.75 bits per heavy atom. The quantitative estimate of drug-likeness (QED) is 0.788. The second-order valence-electron chi connectivity index (χ2n) is 4.54. The molecule has 0 saturated heterocycles. The highest BCUT2D eigenvalue weighted by Crippen LogP contribution is 2.18. The number of halogens is 1. The largest absolute Gasteiger partial charge is 0.369 e. The molecule has 0 spiro atoms. The van der Waals surface area contributed by atoms with Crippen molar-refractivity contribution in [3.63, 3.8) is 0 Å². The summed E-state index contributed by atoms with van der Waals surface area (Å²) in [6.45, 7) is 0.822. The number of hydrogen-bond donors (Lipinski definition) is 1. The molecule has 0 bridgehead atoms. The third kappa shape index (κ3) is 2.89. The van der Waals surface area contributed by atoms with Crippen LogP contribution in [-0.2, 0) is 6.42 Å². The van der Waals surface area contributed by atoms with Gasteiger partial charge in [-0.05, 0) is 36.2 Å². The molecule has 1 aromatic heterocycles. The maximum absolute atomic E-state index is 5.87. The van der Waals surface area contributed by atoms with Crippen molar-refractivity contribution in [2.75, 3.05) is 11.9 Å². The second kappa shape index (κ2) is 5.88. The standard InChI is InChI=1S/C16H14ClN3/c17-13-7-5-12(6-8-13)9-10-18-16-14-3-1-2-4-15(14)19-11-20-16/h1-8,11H,9-10H2,(H,18,19,20). The van der Waals surface area contributed by atoms with Crippen LogP contribution in [0.25, 0.3) is 10.9 Å². The molecule has 3 rings (SSSR count). The molecule has 4 heteroatoms. The molecule has 0 saturated carbocycles. The molecule has 1 N–H and O–H groups in total. The molecule has 3 nitrogen and oxygen atoms in total. The molecule has 3 aromatic rings. The predicted molar refractivity (Wildman–Crippen MR) is 83.2 cm³/mol. The molecule has 2 aromatic carbocycles. The Bertz CT molecular complexity index is 705. The van der Waals surface area contributed by atoms with E-state index < -0.39 is 0 Å². The lowest BCUT2D eigenvalue weighted by molar-refractivity contribution is 1.01. The number of aromatic nitrogens is 2. The van der Waals surface area contributed by atoms with Crippen molar-refractivity contribution in [2.45, 2.75) is 6.42 Å². The molecule has 0 atom stereocenters. The van der Waals surface area contributed by atoms with Crippen LogP contribution in [0.3, 0.4) is 0 Å². The normalized spacial score (nSPS) is 10.7. The summed E-state index contributed by atoms with van der Waals surface area (Å²) < 4.78 is 0. The van der Waals surface area contributed by atoms with E-state index >= 15 is 0 Å². The molecule has 20 heavy (non-hydrogen) atoms. The molecule has 0 aliphatic rings. The van der Waals surface area contributed by atoms with Crippen LogP contribution in [0.5, 0.6) is 0 Å². The van der Waals surface area contributed by atoms with Gasteiger partial charge in [-0.1, -0.05) is 35.9 Å². The summed E-state index contributed by atoms with van der Waals surface area (Å²) in [7, 11) is 0. The van der Waals surface area contributed by atoms with Gasteiger partial charge in [-0.3, -0.25) is 0 Å². The Morgan fingerprint density at radius 3 is 2.60 bits per heavy atom. The summed E-state index contributed by atoms with van der Waals surface area (Å²) in [5.41, 5.74) is 2.21. The Morgan fingerprint density at radius 1 is 0.950 bits per heavy atom. The molecular weight excluding hydrogens is 270 g/mol. The maximum Gasteiger partial charge on any atom is 0.137 e. The Labute approximate surface area is 122 Å². The van der Waals surface area contributed by atoms with Crippen LogP contribution in [0, 0.1) is 0 Å². The van der Waals surface area contributed by atoms with Crippen molar-refractivity contribution in [3.05, 3.63) is 65.4 Å². The van der Waals surface area contributed by atoms with Gasteiger partial charge in [0.05, 0.1) is 5.52 Å². The third-order valence-corrected chi connectivity index (χ3v) is 3.41. The van der Waals surface area contributed by atoms with Gasteiger partial charge in [0.25, 0.3) is 0 Å². The van der Waals surface area contributed by atoms with Crippen molar-refractivity contribution >= 4 is 28.3 Å². The van der Waals surface area contributed by atoms with Crippen LogP contribution < -0.4 is 5.32 Å². The van der Waals surface area contributed by atoms with Crippen molar-refractivity contribution in [3.8, 4) is 0 Å². The van der Waals surface area contributed by atoms with E-state index in [1.807, 2.05) is 48.5 Å². The van der Waals surface area contributed by atoms with E-state index in [9.17, 15) is 0 Å². The lowest BCUT2D eigenvalue weighted by Gasteiger charge is -2.08. The summed E-state index contributed by atoms with van der Waals surface area (Å²) in [5, 5.41) is 5.18. The van der Waals surface area contributed by atoms with Crippen LogP contribution in [0.2, 0.25) is 5.02 Å². The minimum absolute atomic E-state index is 0.767. The fraction of sp³-hybridized carbons (Fsp3) is 0.125. The predicted octanol–water partition coefficient (Wildman–Crippen LogP) is 3.94. The van der Waals surface area contributed by atoms with Crippen molar-refractivity contribution in [2.24, 2.45) is 0 Å². The number of anilines is 1. The number of rotatable bonds is 4. The van der Waals surface area contributed by atoms with Crippen LogP contribution in [0.15, 0.2) is 54.9 Å². The van der Waals surface area contributed by atoms with Crippen molar-refractivity contribution in [1.82, 2.24) is 9.97 Å². The summed E-state index contributed by atoms with van der Waals surface area (Å²) in [6, 6.07) is 15.9. The van der Waals surface area contributed by atoms with Gasteiger partial charge >= 0.3 is 0 Å². The fourth-order valence-corrected chi connectivity index (χ4v) is 2.25. The van der Waals surface area contributed by atoms with E-state index in [-0.39, 0.29) is 0 Å². The van der Waals surface area contributed by atoms with E-state index in [1.54, 1.807) is 6.33 Å². The Balaban J connectivity index is 1.69. The first-order valence-corrected chi connectivity index (χ1v) is 6.89. The molecule has 0 aliphatic heterocycles. The molecule has 100 valence electrons. The van der Waals surface area contributed by atoms with Gasteiger partial charge in [0.15, 0.2) is 0 Å². The smallest absolute Gasteiger partial charge is 0.137 e. The van der Waals surface area contributed by atoms with Crippen molar-refractivity contribution in [1.29, 1.82) is 0 Å². The molecule has 0 fully saturated rings. The van der Waals surface area contributed by atoms with Gasteiger partial charge in [0, 0.05) is 17.0 Å². The molecule has 0 unspecified atom stereocenters. The highest BCUT2D eigenvalue weighted by atomic mass is 35.5. The zero-order valence-corrected chi connectivity index (χ0v) is 11.6. The Hall–Kier alpha value is -2.13. The van der Waals surface area contributed by atoms with Gasteiger partial charge < -0.3 is 5.32 Å². The number of benzene rings is 2. The van der Waals surface area contributed by atoms with E-state index in [0.717, 1.165) is 34.7 Å². The van der Waals surface area contributed by atoms with Gasteiger partial charge in [-0.2, -0.15) is 0 Å². The first-order chi connectivity index (χ1) is 9.83. The van der Waals surface area contributed by atoms with E-state index in [4.69, 9.17) is 11.6 Å². The molecule has 0 amide bonds. The fourth-order valence-electron chi connectivity index (χ4n) is 2.12. The topological polar surface area (TPSA) is 37.8 Å². The molecule has 0 aliphatic carbocycles. The average molecular weight is 284 g/mol. The highest BCUT2D eigenvalue weighted by molar-refractivity contribution is 6.30. The number of fused-ring (bicyclic) bond motifs is 1. The van der Waals surface area contributed by atoms with Gasteiger partial charge in [0.2, 0.25) is 0 Å². The molecule has 0 radical (unpaired) electrons. The van der Waals surface area contributed by atoms with E-state index in [0.29, 0.717) is 0 Å². The van der Waals surface area contributed by atoms with Gasteiger partial charge in [0.1, 0.15) is 12.1 Å². The van der Waals surface area contributed by atoms with E-state index in [1.165, 1.54) is 5.56 Å². The first-order valence-electron chi connectivity index (χ1n) is 6.51. The Kier molecular flexibility index (Phi) is 3.79. The summed E-state index contributed by atoms with van der Waals surface area (Å²) in [4.78, 5) is 8.56. The first kappa shape index (κ1) is 12.9. The lowest BCUT2D eigenvalue weighted by atomic mass is 10.1. The van der Waals surface area contributed by atoms with Crippen LogP contribution in [-0.4, -0.2) is 16.5 Å². The second-order valence-corrected chi connectivity index (χ2v) is 4.98. The lowest BCUT2D eigenvalue weighted by Crippen LogP contribution is -2.07. The molecular formula is C16H14ClN3. The van der Waals surface area contributed by atoms with E-state index in [2.05, 4.69) is 15.3 Å². The summed E-state index contributed by atoms with van der Waals surface area (Å²) in [5.74, 6) is 0.879. The zero-order chi connectivity index (χ0) is 13.8. The average Bonchev–Trinajstić information content (AvgIpc) is 2.49. The SMILES string of the molecule is Clc1ccc(CCNc2ncnc3ccccc23)cc1. The van der Waals surface area contributed by atoms with Gasteiger partial charge in [-0.15, -0.1) is 0 Å². The van der Waals surface area contributed by atoms with Gasteiger partial charge in [-0.25, -0.2) is 9.97 Å². The number of nitrogens with one attached hydrogen (secondary N) is 1. The van der Waals surface area contributed by atoms with Crippen LogP contribution in [0.1, 0.15) is 5.56 Å². The molecule has 1 heterocycles.